The van der Waals surface area contributed by atoms with E-state index in [0.29, 0.717) is 0 Å². The van der Waals surface area contributed by atoms with Crippen LogP contribution in [0.3, 0.4) is 0 Å². The van der Waals surface area contributed by atoms with Gasteiger partial charge in [-0.1, -0.05) is 25.4 Å². The summed E-state index contributed by atoms with van der Waals surface area (Å²) < 4.78 is 4.78. The van der Waals surface area contributed by atoms with Gasteiger partial charge in [-0.05, 0) is 19.4 Å². The van der Waals surface area contributed by atoms with Crippen molar-refractivity contribution in [2.24, 2.45) is 0 Å². The molecule has 0 bridgehead atoms. The molecule has 0 atom stereocenters. The van der Waals surface area contributed by atoms with E-state index in [-0.39, 0.29) is 0 Å². The van der Waals surface area contributed by atoms with Gasteiger partial charge in [-0.3, -0.25) is 0 Å². The lowest BCUT2D eigenvalue weighted by molar-refractivity contribution is 0.238. The molecule has 17 heavy (non-hydrogen) atoms. The van der Waals surface area contributed by atoms with Crippen LogP contribution < -0.4 is 5.32 Å². The number of hydrogen-bond acceptors (Lipinski definition) is 4. The SMILES string of the molecule is CCC.c1cc(CCCN2CCNCC2)no1. The normalized spacial score (nSPS) is 16.4. The van der Waals surface area contributed by atoms with Crippen molar-refractivity contribution in [2.45, 2.75) is 33.1 Å². The molecule has 1 fully saturated rings. The van der Waals surface area contributed by atoms with E-state index in [1.807, 2.05) is 6.07 Å². The van der Waals surface area contributed by atoms with Gasteiger partial charge in [0.15, 0.2) is 0 Å². The minimum Gasteiger partial charge on any atom is -0.365 e. The number of aryl methyl sites for hydroxylation is 1. The lowest BCUT2D eigenvalue weighted by Crippen LogP contribution is -2.43. The summed E-state index contributed by atoms with van der Waals surface area (Å²) in [6, 6.07) is 1.94. The molecule has 98 valence electrons. The van der Waals surface area contributed by atoms with Crippen LogP contribution in [0, 0.1) is 0 Å². The summed E-state index contributed by atoms with van der Waals surface area (Å²) in [5.74, 6) is 0. The molecule has 1 aliphatic rings. The van der Waals surface area contributed by atoms with Crippen LogP contribution in [0.5, 0.6) is 0 Å². The molecule has 0 aliphatic carbocycles. The van der Waals surface area contributed by atoms with E-state index >= 15 is 0 Å². The summed E-state index contributed by atoms with van der Waals surface area (Å²) in [6.45, 7) is 10.0. The van der Waals surface area contributed by atoms with Crippen LogP contribution in [0.1, 0.15) is 32.4 Å². The predicted octanol–water partition coefficient (Wildman–Crippen LogP) is 1.93. The lowest BCUT2D eigenvalue weighted by atomic mass is 10.2. The van der Waals surface area contributed by atoms with Crippen molar-refractivity contribution in [3.63, 3.8) is 0 Å². The van der Waals surface area contributed by atoms with E-state index in [2.05, 4.69) is 29.2 Å². The van der Waals surface area contributed by atoms with Crippen molar-refractivity contribution in [3.8, 4) is 0 Å². The van der Waals surface area contributed by atoms with Crippen molar-refractivity contribution in [3.05, 3.63) is 18.0 Å². The molecule has 0 amide bonds. The minimum atomic E-state index is 1.03. The zero-order valence-electron chi connectivity index (χ0n) is 11.1. The van der Waals surface area contributed by atoms with Gasteiger partial charge in [0.1, 0.15) is 6.26 Å². The van der Waals surface area contributed by atoms with E-state index in [1.165, 1.54) is 32.5 Å². The summed E-state index contributed by atoms with van der Waals surface area (Å²) >= 11 is 0. The zero-order valence-corrected chi connectivity index (χ0v) is 11.1. The van der Waals surface area contributed by atoms with Crippen molar-refractivity contribution >= 4 is 0 Å². The largest absolute Gasteiger partial charge is 0.365 e. The Labute approximate surface area is 104 Å². The third-order valence-electron chi connectivity index (χ3n) is 2.61. The second-order valence-electron chi connectivity index (χ2n) is 4.39. The molecule has 0 radical (unpaired) electrons. The Morgan fingerprint density at radius 3 is 2.65 bits per heavy atom. The van der Waals surface area contributed by atoms with Gasteiger partial charge in [0.05, 0.1) is 5.69 Å². The maximum absolute atomic E-state index is 4.78. The Bertz CT molecular complexity index is 256. The fraction of sp³-hybridized carbons (Fsp3) is 0.769. The first-order valence-corrected chi connectivity index (χ1v) is 6.69. The molecule has 2 rings (SSSR count). The summed E-state index contributed by atoms with van der Waals surface area (Å²) in [7, 11) is 0. The van der Waals surface area contributed by atoms with Gasteiger partial charge in [-0.25, -0.2) is 0 Å². The molecule has 0 spiro atoms. The molecular formula is C13H25N3O. The number of aromatic nitrogens is 1. The maximum atomic E-state index is 4.78. The first kappa shape index (κ1) is 14.2. The van der Waals surface area contributed by atoms with Gasteiger partial charge >= 0.3 is 0 Å². The summed E-state index contributed by atoms with van der Waals surface area (Å²) in [4.78, 5) is 2.50. The highest BCUT2D eigenvalue weighted by molar-refractivity contribution is 4.95. The van der Waals surface area contributed by atoms with Gasteiger partial charge < -0.3 is 14.7 Å². The predicted molar refractivity (Wildman–Crippen MR) is 70.1 cm³/mol. The molecule has 1 aromatic rings. The third-order valence-corrected chi connectivity index (χ3v) is 2.61. The molecule has 1 aliphatic heterocycles. The maximum Gasteiger partial charge on any atom is 0.124 e. The van der Waals surface area contributed by atoms with E-state index in [0.717, 1.165) is 25.2 Å². The summed E-state index contributed by atoms with van der Waals surface area (Å²) in [6.07, 6.45) is 5.09. The fourth-order valence-electron chi connectivity index (χ4n) is 1.79. The number of nitrogens with one attached hydrogen (secondary N) is 1. The van der Waals surface area contributed by atoms with Crippen LogP contribution in [0.4, 0.5) is 0 Å². The van der Waals surface area contributed by atoms with Gasteiger partial charge in [0, 0.05) is 32.2 Å². The molecule has 4 nitrogen and oxygen atoms in total. The van der Waals surface area contributed by atoms with E-state index in [4.69, 9.17) is 4.52 Å². The molecule has 0 saturated carbocycles. The first-order chi connectivity index (χ1) is 8.36. The minimum absolute atomic E-state index is 1.03. The Hall–Kier alpha value is -0.870. The highest BCUT2D eigenvalue weighted by Gasteiger charge is 2.08. The first-order valence-electron chi connectivity index (χ1n) is 6.69. The Kier molecular flexibility index (Phi) is 7.67. The van der Waals surface area contributed by atoms with Crippen molar-refractivity contribution in [2.75, 3.05) is 32.7 Å². The van der Waals surface area contributed by atoms with Crippen LogP contribution >= 0.6 is 0 Å². The molecule has 1 saturated heterocycles. The standard InChI is InChI=1S/C10H17N3O.C3H8/c1(2-10-3-9-14-12-10)6-13-7-4-11-5-8-13;1-3-2/h3,9,11H,1-2,4-8H2;3H2,1-2H3. The van der Waals surface area contributed by atoms with Crippen molar-refractivity contribution < 1.29 is 4.52 Å². The van der Waals surface area contributed by atoms with E-state index < -0.39 is 0 Å². The highest BCUT2D eigenvalue weighted by Crippen LogP contribution is 2.01. The Balaban J connectivity index is 0.000000437. The van der Waals surface area contributed by atoms with Crippen molar-refractivity contribution in [1.82, 2.24) is 15.4 Å². The highest BCUT2D eigenvalue weighted by atomic mass is 16.5. The Morgan fingerprint density at radius 1 is 1.35 bits per heavy atom. The topological polar surface area (TPSA) is 41.3 Å². The molecular weight excluding hydrogens is 214 g/mol. The van der Waals surface area contributed by atoms with Gasteiger partial charge in [-0.2, -0.15) is 0 Å². The molecule has 1 aromatic heterocycles. The van der Waals surface area contributed by atoms with Crippen molar-refractivity contribution in [1.29, 1.82) is 0 Å². The average Bonchev–Trinajstić information content (AvgIpc) is 2.85. The van der Waals surface area contributed by atoms with Crippen LogP contribution in [-0.4, -0.2) is 42.8 Å². The molecule has 4 heteroatoms. The number of rotatable bonds is 4. The number of hydrogen-bond donors (Lipinski definition) is 1. The lowest BCUT2D eigenvalue weighted by Gasteiger charge is -2.26. The van der Waals surface area contributed by atoms with Gasteiger partial charge in [0.2, 0.25) is 0 Å². The fourth-order valence-corrected chi connectivity index (χ4v) is 1.79. The van der Waals surface area contributed by atoms with Gasteiger partial charge in [0.25, 0.3) is 0 Å². The smallest absolute Gasteiger partial charge is 0.124 e. The molecule has 0 aromatic carbocycles. The average molecular weight is 239 g/mol. The quantitative estimate of drug-likeness (QED) is 0.871. The second kappa shape index (κ2) is 9.19. The second-order valence-corrected chi connectivity index (χ2v) is 4.39. The monoisotopic (exact) mass is 239 g/mol. The van der Waals surface area contributed by atoms with Crippen LogP contribution in [0.15, 0.2) is 16.9 Å². The van der Waals surface area contributed by atoms with E-state index in [1.54, 1.807) is 6.26 Å². The third kappa shape index (κ3) is 6.44. The number of piperazine rings is 1. The number of nitrogens with zero attached hydrogens (tertiary/aromatic N) is 2. The Morgan fingerprint density at radius 2 is 2.06 bits per heavy atom. The zero-order chi connectivity index (χ0) is 12.3. The molecule has 2 heterocycles. The molecule has 1 N–H and O–H groups in total. The van der Waals surface area contributed by atoms with Crippen LogP contribution in [0.2, 0.25) is 0 Å². The van der Waals surface area contributed by atoms with Crippen LogP contribution in [-0.2, 0) is 6.42 Å². The summed E-state index contributed by atoms with van der Waals surface area (Å²) in [5, 5.41) is 7.24. The molecule has 0 unspecified atom stereocenters. The summed E-state index contributed by atoms with van der Waals surface area (Å²) in [5.41, 5.74) is 1.07. The van der Waals surface area contributed by atoms with Gasteiger partial charge in [-0.15, -0.1) is 0 Å². The van der Waals surface area contributed by atoms with Crippen LogP contribution in [0.25, 0.3) is 0 Å². The van der Waals surface area contributed by atoms with E-state index in [9.17, 15) is 0 Å².